The SMILES string of the molecule is C[C@H]1Cn2ncc(N3CC(c4ccccn4)OC3=O)c2CN1C(=O)OC(C)(C)C. The van der Waals surface area contributed by atoms with Crippen LogP contribution in [0, 0.1) is 0 Å². The van der Waals surface area contributed by atoms with Crippen molar-refractivity contribution in [3.8, 4) is 0 Å². The van der Waals surface area contributed by atoms with Gasteiger partial charge in [0.05, 0.1) is 48.9 Å². The predicted molar refractivity (Wildman–Crippen MR) is 104 cm³/mol. The van der Waals surface area contributed by atoms with E-state index in [2.05, 4.69) is 10.1 Å². The van der Waals surface area contributed by atoms with Gasteiger partial charge in [-0.05, 0) is 39.8 Å². The van der Waals surface area contributed by atoms with Crippen molar-refractivity contribution in [2.24, 2.45) is 0 Å². The lowest BCUT2D eigenvalue weighted by molar-refractivity contribution is 0.00913. The van der Waals surface area contributed by atoms with Crippen molar-refractivity contribution in [1.29, 1.82) is 0 Å². The Balaban J connectivity index is 1.56. The number of hydrogen-bond donors (Lipinski definition) is 0. The molecule has 2 atom stereocenters. The molecular weight excluding hydrogens is 374 g/mol. The number of carbonyl (C=O) groups excluding carboxylic acids is 2. The topological polar surface area (TPSA) is 89.8 Å². The summed E-state index contributed by atoms with van der Waals surface area (Å²) in [6, 6.07) is 5.44. The summed E-state index contributed by atoms with van der Waals surface area (Å²) in [6.07, 6.45) is 2.07. The molecule has 0 saturated carbocycles. The number of rotatable bonds is 2. The van der Waals surface area contributed by atoms with E-state index in [0.29, 0.717) is 31.0 Å². The largest absolute Gasteiger partial charge is 0.444 e. The number of cyclic esters (lactones) is 1. The Bertz CT molecular complexity index is 921. The van der Waals surface area contributed by atoms with Crippen LogP contribution in [-0.2, 0) is 22.6 Å². The van der Waals surface area contributed by atoms with Crippen molar-refractivity contribution in [3.63, 3.8) is 0 Å². The summed E-state index contributed by atoms with van der Waals surface area (Å²) < 4.78 is 12.9. The van der Waals surface area contributed by atoms with E-state index in [0.717, 1.165) is 5.69 Å². The van der Waals surface area contributed by atoms with Gasteiger partial charge in [0, 0.05) is 6.20 Å². The third kappa shape index (κ3) is 3.76. The Morgan fingerprint density at radius 2 is 2.07 bits per heavy atom. The number of ether oxygens (including phenoxy) is 2. The molecular formula is C20H25N5O4. The number of nitrogens with zero attached hydrogens (tertiary/aromatic N) is 5. The normalized spacial score (nSPS) is 21.7. The second-order valence-electron chi connectivity index (χ2n) is 8.35. The minimum absolute atomic E-state index is 0.0723. The quantitative estimate of drug-likeness (QED) is 0.771. The molecule has 4 heterocycles. The van der Waals surface area contributed by atoms with E-state index >= 15 is 0 Å². The van der Waals surface area contributed by atoms with E-state index in [-0.39, 0.29) is 12.1 Å². The zero-order valence-electron chi connectivity index (χ0n) is 17.0. The molecule has 1 saturated heterocycles. The van der Waals surface area contributed by atoms with Gasteiger partial charge in [0.1, 0.15) is 5.60 Å². The Morgan fingerprint density at radius 1 is 1.28 bits per heavy atom. The lowest BCUT2D eigenvalue weighted by atomic mass is 10.1. The summed E-state index contributed by atoms with van der Waals surface area (Å²) in [4.78, 5) is 32.7. The highest BCUT2D eigenvalue weighted by molar-refractivity contribution is 5.90. The van der Waals surface area contributed by atoms with Crippen molar-refractivity contribution >= 4 is 17.9 Å². The summed E-state index contributed by atoms with van der Waals surface area (Å²) in [6.45, 7) is 8.66. The van der Waals surface area contributed by atoms with Gasteiger partial charge in [0.25, 0.3) is 0 Å². The van der Waals surface area contributed by atoms with Crippen molar-refractivity contribution < 1.29 is 19.1 Å². The Labute approximate surface area is 169 Å². The van der Waals surface area contributed by atoms with Gasteiger partial charge in [-0.3, -0.25) is 19.5 Å². The van der Waals surface area contributed by atoms with Crippen LogP contribution < -0.4 is 4.90 Å². The fourth-order valence-electron chi connectivity index (χ4n) is 3.56. The minimum atomic E-state index is -0.577. The Morgan fingerprint density at radius 3 is 2.76 bits per heavy atom. The Hall–Kier alpha value is -3.10. The van der Waals surface area contributed by atoms with Gasteiger partial charge < -0.3 is 9.47 Å². The van der Waals surface area contributed by atoms with Crippen molar-refractivity contribution in [2.75, 3.05) is 11.4 Å². The molecule has 0 aromatic carbocycles. The molecule has 0 spiro atoms. The molecule has 1 unspecified atom stereocenters. The van der Waals surface area contributed by atoms with Gasteiger partial charge in [-0.2, -0.15) is 5.10 Å². The number of amides is 2. The maximum Gasteiger partial charge on any atom is 0.415 e. The molecule has 2 aromatic heterocycles. The fraction of sp³-hybridized carbons (Fsp3) is 0.500. The predicted octanol–water partition coefficient (Wildman–Crippen LogP) is 3.12. The number of pyridine rings is 1. The average molecular weight is 399 g/mol. The van der Waals surface area contributed by atoms with E-state index in [1.54, 1.807) is 22.2 Å². The van der Waals surface area contributed by atoms with Gasteiger partial charge in [0.15, 0.2) is 6.10 Å². The van der Waals surface area contributed by atoms with Crippen LogP contribution in [0.15, 0.2) is 30.6 Å². The first-order chi connectivity index (χ1) is 13.7. The molecule has 2 aliphatic heterocycles. The van der Waals surface area contributed by atoms with Crippen LogP contribution in [0.25, 0.3) is 0 Å². The summed E-state index contributed by atoms with van der Waals surface area (Å²) in [5, 5.41) is 4.43. The first-order valence-corrected chi connectivity index (χ1v) is 9.66. The average Bonchev–Trinajstić information content (AvgIpc) is 3.23. The van der Waals surface area contributed by atoms with Gasteiger partial charge in [-0.1, -0.05) is 6.07 Å². The highest BCUT2D eigenvalue weighted by atomic mass is 16.6. The van der Waals surface area contributed by atoms with Crippen LogP contribution in [0.4, 0.5) is 15.3 Å². The highest BCUT2D eigenvalue weighted by Crippen LogP contribution is 2.34. The second kappa shape index (κ2) is 7.06. The van der Waals surface area contributed by atoms with E-state index in [1.165, 1.54) is 0 Å². The zero-order valence-corrected chi connectivity index (χ0v) is 17.0. The number of fused-ring (bicyclic) bond motifs is 1. The molecule has 0 bridgehead atoms. The third-order valence-electron chi connectivity index (χ3n) is 4.96. The first kappa shape index (κ1) is 19.2. The van der Waals surface area contributed by atoms with Crippen LogP contribution in [0.5, 0.6) is 0 Å². The molecule has 29 heavy (non-hydrogen) atoms. The molecule has 9 heteroatoms. The minimum Gasteiger partial charge on any atom is -0.444 e. The maximum absolute atomic E-state index is 12.7. The summed E-state index contributed by atoms with van der Waals surface area (Å²) in [5.74, 6) is 0. The molecule has 2 amide bonds. The number of aromatic nitrogens is 3. The lowest BCUT2D eigenvalue weighted by Crippen LogP contribution is -2.47. The van der Waals surface area contributed by atoms with Gasteiger partial charge in [0.2, 0.25) is 0 Å². The molecule has 0 radical (unpaired) electrons. The van der Waals surface area contributed by atoms with Crippen molar-refractivity contribution in [1.82, 2.24) is 19.7 Å². The van der Waals surface area contributed by atoms with E-state index in [1.807, 2.05) is 50.6 Å². The number of carbonyl (C=O) groups is 2. The van der Waals surface area contributed by atoms with Crippen LogP contribution in [0.1, 0.15) is 45.2 Å². The second-order valence-corrected chi connectivity index (χ2v) is 8.35. The standard InChI is InChI=1S/C20H25N5O4/c1-13-10-25-16(11-23(13)19(27)29-20(2,3)4)15(9-22-25)24-12-17(28-18(24)26)14-7-5-6-8-21-14/h5-9,13,17H,10-12H2,1-4H3/t13-,17?/m0/s1. The number of hydrogen-bond acceptors (Lipinski definition) is 6. The van der Waals surface area contributed by atoms with Crippen molar-refractivity contribution in [3.05, 3.63) is 42.0 Å². The third-order valence-corrected chi connectivity index (χ3v) is 4.96. The molecule has 154 valence electrons. The molecule has 9 nitrogen and oxygen atoms in total. The lowest BCUT2D eigenvalue weighted by Gasteiger charge is -2.35. The van der Waals surface area contributed by atoms with Crippen LogP contribution in [0.3, 0.4) is 0 Å². The van der Waals surface area contributed by atoms with Crippen LogP contribution in [-0.4, -0.2) is 50.0 Å². The summed E-state index contributed by atoms with van der Waals surface area (Å²) >= 11 is 0. The van der Waals surface area contributed by atoms with Crippen molar-refractivity contribution in [2.45, 2.75) is 58.5 Å². The summed E-state index contributed by atoms with van der Waals surface area (Å²) in [7, 11) is 0. The smallest absolute Gasteiger partial charge is 0.415 e. The summed E-state index contributed by atoms with van der Waals surface area (Å²) in [5.41, 5.74) is 1.56. The molecule has 4 rings (SSSR count). The number of anilines is 1. The maximum atomic E-state index is 12.7. The zero-order chi connectivity index (χ0) is 20.8. The Kier molecular flexibility index (Phi) is 4.68. The van der Waals surface area contributed by atoms with Gasteiger partial charge >= 0.3 is 12.2 Å². The van der Waals surface area contributed by atoms with Gasteiger partial charge in [-0.15, -0.1) is 0 Å². The van der Waals surface area contributed by atoms with Crippen LogP contribution in [0.2, 0.25) is 0 Å². The monoisotopic (exact) mass is 399 g/mol. The van der Waals surface area contributed by atoms with Crippen LogP contribution >= 0.6 is 0 Å². The fourth-order valence-corrected chi connectivity index (χ4v) is 3.56. The molecule has 1 fully saturated rings. The molecule has 2 aromatic rings. The molecule has 0 aliphatic carbocycles. The highest BCUT2D eigenvalue weighted by Gasteiger charge is 2.39. The van der Waals surface area contributed by atoms with E-state index < -0.39 is 17.8 Å². The molecule has 0 N–H and O–H groups in total. The van der Waals surface area contributed by atoms with Gasteiger partial charge in [-0.25, -0.2) is 9.59 Å². The first-order valence-electron chi connectivity index (χ1n) is 9.66. The molecule has 2 aliphatic rings. The van der Waals surface area contributed by atoms with E-state index in [4.69, 9.17) is 9.47 Å². The van der Waals surface area contributed by atoms with E-state index in [9.17, 15) is 9.59 Å².